The molecule has 14 heavy (non-hydrogen) atoms. The van der Waals surface area contributed by atoms with Gasteiger partial charge in [-0.25, -0.2) is 0 Å². The van der Waals surface area contributed by atoms with Gasteiger partial charge < -0.3 is 5.73 Å². The second-order valence-electron chi connectivity index (χ2n) is 2.79. The second kappa shape index (κ2) is 4.75. The third kappa shape index (κ3) is 2.24. The van der Waals surface area contributed by atoms with Gasteiger partial charge in [-0.3, -0.25) is 13.7 Å². The van der Waals surface area contributed by atoms with Crippen molar-refractivity contribution in [3.8, 4) is 0 Å². The van der Waals surface area contributed by atoms with Crippen molar-refractivity contribution in [2.45, 2.75) is 18.4 Å². The third-order valence-corrected chi connectivity index (χ3v) is 4.35. The van der Waals surface area contributed by atoms with Crippen molar-refractivity contribution in [3.63, 3.8) is 0 Å². The smallest absolute Gasteiger partial charge is 0.0769 e. The molecule has 0 saturated carbocycles. The Labute approximate surface area is 85.8 Å². The molecule has 0 saturated heterocycles. The van der Waals surface area contributed by atoms with Crippen LogP contribution in [-0.2, 0) is 10.7 Å². The van der Waals surface area contributed by atoms with Crippen LogP contribution in [0.5, 0.6) is 0 Å². The molecule has 0 spiro atoms. The van der Waals surface area contributed by atoms with Gasteiger partial charge in [0, 0.05) is 12.3 Å². The summed E-state index contributed by atoms with van der Waals surface area (Å²) in [5.41, 5.74) is 6.23. The summed E-state index contributed by atoms with van der Waals surface area (Å²) in [6.45, 7) is 2.29. The predicted molar refractivity (Wildman–Crippen MR) is 58.2 cm³/mol. The van der Waals surface area contributed by atoms with E-state index in [1.807, 2.05) is 19.1 Å². The Bertz CT molecular complexity index is 285. The highest BCUT2D eigenvalue weighted by Crippen LogP contribution is 2.51. The molecule has 1 rings (SSSR count). The second-order valence-corrected chi connectivity index (χ2v) is 5.45. The van der Waals surface area contributed by atoms with Crippen molar-refractivity contribution in [3.05, 3.63) is 24.0 Å². The highest BCUT2D eigenvalue weighted by molar-refractivity contribution is 8.25. The Hall–Kier alpha value is -0.620. The van der Waals surface area contributed by atoms with Crippen LogP contribution in [-0.4, -0.2) is 22.4 Å². The minimum absolute atomic E-state index is 0.410. The summed E-state index contributed by atoms with van der Waals surface area (Å²) in [5.74, 6) is 0.563. The molecule has 0 amide bonds. The lowest BCUT2D eigenvalue weighted by Crippen LogP contribution is -2.06. The van der Waals surface area contributed by atoms with E-state index in [0.717, 1.165) is 10.6 Å². The summed E-state index contributed by atoms with van der Waals surface area (Å²) in [6, 6.07) is 3.62. The topological polar surface area (TPSA) is 68.4 Å². The van der Waals surface area contributed by atoms with E-state index in [4.69, 9.17) is 9.92 Å². The van der Waals surface area contributed by atoms with Gasteiger partial charge in [0.25, 0.3) is 0 Å². The van der Waals surface area contributed by atoms with Crippen molar-refractivity contribution in [1.29, 1.82) is 0 Å². The summed E-state index contributed by atoms with van der Waals surface area (Å²) in [6.07, 6.45) is 1.63. The Morgan fingerprint density at radius 3 is 2.64 bits per heavy atom. The molecule has 1 heterocycles. The van der Waals surface area contributed by atoms with Gasteiger partial charge in [0.1, 0.15) is 0 Å². The maximum atomic E-state index is 10.1. The van der Waals surface area contributed by atoms with Crippen LogP contribution in [0.15, 0.2) is 23.2 Å². The molecule has 1 aromatic heterocycles. The molecule has 1 aromatic rings. The lowest BCUT2D eigenvalue weighted by molar-refractivity contribution is 0.396. The van der Waals surface area contributed by atoms with Gasteiger partial charge in [0.05, 0.1) is 23.9 Å². The molecule has 0 aliphatic heterocycles. The molecule has 1 unspecified atom stereocenters. The first-order chi connectivity index (χ1) is 6.66. The number of nitrogens with two attached hydrogens (primary N) is 1. The molecule has 0 bridgehead atoms. The molecule has 1 atom stereocenters. The normalized spacial score (nSPS) is 17.4. The van der Waals surface area contributed by atoms with Crippen molar-refractivity contribution in [2.75, 3.05) is 12.9 Å². The van der Waals surface area contributed by atoms with E-state index in [9.17, 15) is 4.55 Å². The first kappa shape index (κ1) is 11.5. The van der Waals surface area contributed by atoms with E-state index in [1.165, 1.54) is 7.11 Å². The van der Waals surface area contributed by atoms with Gasteiger partial charge in [-0.05, 0) is 19.1 Å². The first-order valence-electron chi connectivity index (χ1n) is 4.40. The summed E-state index contributed by atoms with van der Waals surface area (Å²) in [5, 5.41) is 0. The third-order valence-electron chi connectivity index (χ3n) is 2.04. The summed E-state index contributed by atoms with van der Waals surface area (Å²) >= 11 is 0. The summed E-state index contributed by atoms with van der Waals surface area (Å²) < 4.78 is 15.2. The molecule has 0 radical (unpaired) electrons. The fourth-order valence-electron chi connectivity index (χ4n) is 1.10. The molecule has 4 nitrogen and oxygen atoms in total. The number of rotatable bonds is 4. The molecular weight excluding hydrogens is 200 g/mol. The quantitative estimate of drug-likeness (QED) is 0.804. The number of nitrogens with zero attached hydrogens (tertiary/aromatic N) is 1. The zero-order chi connectivity index (χ0) is 10.6. The molecule has 0 aromatic carbocycles. The van der Waals surface area contributed by atoms with E-state index >= 15 is 0 Å². The Balaban J connectivity index is 2.95. The van der Waals surface area contributed by atoms with Crippen molar-refractivity contribution in [2.24, 2.45) is 5.73 Å². The monoisotopic (exact) mass is 216 g/mol. The minimum atomic E-state index is -2.12. The van der Waals surface area contributed by atoms with Crippen LogP contribution in [0.25, 0.3) is 0 Å². The lowest BCUT2D eigenvalue weighted by Gasteiger charge is -2.35. The summed E-state index contributed by atoms with van der Waals surface area (Å²) in [4.78, 5) is 4.85. The molecule has 80 valence electrons. The average Bonchev–Trinajstić information content (AvgIpc) is 2.28. The van der Waals surface area contributed by atoms with Gasteiger partial charge in [-0.2, -0.15) is 10.6 Å². The van der Waals surface area contributed by atoms with Crippen molar-refractivity contribution >= 4 is 10.6 Å². The highest BCUT2D eigenvalue weighted by atomic mass is 32.3. The fourth-order valence-corrected chi connectivity index (χ4v) is 2.36. The van der Waals surface area contributed by atoms with Crippen LogP contribution >= 0.6 is 10.6 Å². The zero-order valence-electron chi connectivity index (χ0n) is 8.43. The molecule has 0 aliphatic rings. The van der Waals surface area contributed by atoms with Gasteiger partial charge >= 0.3 is 0 Å². The van der Waals surface area contributed by atoms with Crippen LogP contribution in [0.3, 0.4) is 0 Å². The summed E-state index contributed by atoms with van der Waals surface area (Å²) in [7, 11) is -0.612. The standard InChI is InChI=1S/C9H16N2O2S/c1-3-14(12,13-2)9-5-4-8(6-10)11-7-9/h4-5,7,12H,3,6,10H2,1-2H3. The van der Waals surface area contributed by atoms with Gasteiger partial charge in [0.2, 0.25) is 0 Å². The van der Waals surface area contributed by atoms with Gasteiger partial charge in [0.15, 0.2) is 0 Å². The first-order valence-corrected chi connectivity index (χ1v) is 6.08. The van der Waals surface area contributed by atoms with Crippen LogP contribution in [0.1, 0.15) is 12.6 Å². The maximum absolute atomic E-state index is 10.1. The number of aromatic nitrogens is 1. The largest absolute Gasteiger partial charge is 0.325 e. The predicted octanol–water partition coefficient (Wildman–Crippen LogP) is 1.76. The van der Waals surface area contributed by atoms with Gasteiger partial charge in [-0.1, -0.05) is 0 Å². The van der Waals surface area contributed by atoms with E-state index in [-0.39, 0.29) is 0 Å². The highest BCUT2D eigenvalue weighted by Gasteiger charge is 2.15. The molecule has 0 aliphatic carbocycles. The Morgan fingerprint density at radius 1 is 1.57 bits per heavy atom. The Kier molecular flexibility index (Phi) is 3.88. The molecule has 3 N–H and O–H groups in total. The van der Waals surface area contributed by atoms with E-state index in [2.05, 4.69) is 4.98 Å². The lowest BCUT2D eigenvalue weighted by atomic mass is 10.4. The number of pyridine rings is 1. The van der Waals surface area contributed by atoms with Crippen LogP contribution < -0.4 is 5.73 Å². The van der Waals surface area contributed by atoms with Crippen molar-refractivity contribution in [1.82, 2.24) is 4.98 Å². The van der Waals surface area contributed by atoms with Gasteiger partial charge in [-0.15, -0.1) is 0 Å². The minimum Gasteiger partial charge on any atom is -0.325 e. The average molecular weight is 216 g/mol. The maximum Gasteiger partial charge on any atom is 0.0769 e. The zero-order valence-corrected chi connectivity index (χ0v) is 9.25. The van der Waals surface area contributed by atoms with Crippen LogP contribution in [0, 0.1) is 0 Å². The molecule has 0 fully saturated rings. The fraction of sp³-hybridized carbons (Fsp3) is 0.444. The molecule has 5 heteroatoms. The van der Waals surface area contributed by atoms with Crippen molar-refractivity contribution < 1.29 is 8.74 Å². The number of hydrogen-bond acceptors (Lipinski definition) is 4. The Morgan fingerprint density at radius 2 is 2.29 bits per heavy atom. The van der Waals surface area contributed by atoms with Crippen LogP contribution in [0.2, 0.25) is 0 Å². The molecular formula is C9H16N2O2S. The van der Waals surface area contributed by atoms with E-state index in [1.54, 1.807) is 6.20 Å². The van der Waals surface area contributed by atoms with E-state index in [0.29, 0.717) is 12.3 Å². The SMILES string of the molecule is CCS(O)(OC)c1ccc(CN)nc1. The van der Waals surface area contributed by atoms with E-state index < -0.39 is 10.6 Å². The van der Waals surface area contributed by atoms with Crippen LogP contribution in [0.4, 0.5) is 0 Å². The number of hydrogen-bond donors (Lipinski definition) is 2.